The number of piperidine rings is 1. The van der Waals surface area contributed by atoms with E-state index in [-0.39, 0.29) is 29.8 Å². The molecule has 1 aromatic rings. The fraction of sp³-hybridized carbons (Fsp3) is 0.611. The standard InChI is InChI=1S/C18H25N3O2/c1-3-14-11(2)15-5-4-13(10-16(15)21-18(14)23)20-17(22)12-6-8-19-9-7-12/h6-9,11,13-16H,3-5,10H2,1-2H3,(H,20,22)(H,21,23). The zero-order valence-electron chi connectivity index (χ0n) is 13.8. The van der Waals surface area contributed by atoms with Gasteiger partial charge in [-0.15, -0.1) is 0 Å². The third-order valence-electron chi connectivity index (χ3n) is 5.60. The Morgan fingerprint density at radius 3 is 2.78 bits per heavy atom. The van der Waals surface area contributed by atoms with Crippen LogP contribution in [0.15, 0.2) is 24.5 Å². The molecule has 0 radical (unpaired) electrons. The highest BCUT2D eigenvalue weighted by atomic mass is 16.2. The number of pyridine rings is 1. The van der Waals surface area contributed by atoms with Crippen LogP contribution >= 0.6 is 0 Å². The highest BCUT2D eigenvalue weighted by Gasteiger charge is 2.43. The lowest BCUT2D eigenvalue weighted by atomic mass is 9.67. The van der Waals surface area contributed by atoms with Gasteiger partial charge in [0.15, 0.2) is 0 Å². The summed E-state index contributed by atoms with van der Waals surface area (Å²) in [6.07, 6.45) is 7.02. The van der Waals surface area contributed by atoms with E-state index in [0.717, 1.165) is 25.7 Å². The Hall–Kier alpha value is -1.91. The monoisotopic (exact) mass is 315 g/mol. The largest absolute Gasteiger partial charge is 0.353 e. The number of amides is 2. The number of carbonyl (C=O) groups is 2. The van der Waals surface area contributed by atoms with E-state index in [9.17, 15) is 9.59 Å². The molecule has 5 heteroatoms. The summed E-state index contributed by atoms with van der Waals surface area (Å²) in [7, 11) is 0. The molecule has 2 heterocycles. The molecular weight excluding hydrogens is 290 g/mol. The molecule has 5 atom stereocenters. The van der Waals surface area contributed by atoms with E-state index in [2.05, 4.69) is 29.5 Å². The molecule has 1 aliphatic carbocycles. The first-order chi connectivity index (χ1) is 11.1. The lowest BCUT2D eigenvalue weighted by Gasteiger charge is -2.46. The number of carbonyl (C=O) groups excluding carboxylic acids is 2. The van der Waals surface area contributed by atoms with Gasteiger partial charge in [0, 0.05) is 36.0 Å². The first kappa shape index (κ1) is 16.0. The number of fused-ring (bicyclic) bond motifs is 1. The van der Waals surface area contributed by atoms with Gasteiger partial charge < -0.3 is 10.6 Å². The number of aromatic nitrogens is 1. The highest BCUT2D eigenvalue weighted by Crippen LogP contribution is 2.38. The predicted octanol–water partition coefficient (Wildman–Crippen LogP) is 2.14. The second-order valence-electron chi connectivity index (χ2n) is 6.87. The van der Waals surface area contributed by atoms with E-state index in [1.165, 1.54) is 0 Å². The van der Waals surface area contributed by atoms with E-state index in [4.69, 9.17) is 0 Å². The summed E-state index contributed by atoms with van der Waals surface area (Å²) in [4.78, 5) is 28.4. The summed E-state index contributed by atoms with van der Waals surface area (Å²) in [5.41, 5.74) is 0.634. The first-order valence-corrected chi connectivity index (χ1v) is 8.61. The summed E-state index contributed by atoms with van der Waals surface area (Å²) in [5.74, 6) is 1.22. The topological polar surface area (TPSA) is 71.1 Å². The second kappa shape index (κ2) is 6.69. The molecule has 1 aliphatic heterocycles. The van der Waals surface area contributed by atoms with Crippen LogP contribution in [0, 0.1) is 17.8 Å². The Morgan fingerprint density at radius 1 is 1.35 bits per heavy atom. The molecule has 5 nitrogen and oxygen atoms in total. The summed E-state index contributed by atoms with van der Waals surface area (Å²) < 4.78 is 0. The molecule has 2 fully saturated rings. The molecule has 2 aliphatic rings. The van der Waals surface area contributed by atoms with Crippen LogP contribution in [-0.2, 0) is 4.79 Å². The summed E-state index contributed by atoms with van der Waals surface area (Å²) >= 11 is 0. The van der Waals surface area contributed by atoms with Crippen molar-refractivity contribution in [3.63, 3.8) is 0 Å². The number of rotatable bonds is 3. The smallest absolute Gasteiger partial charge is 0.251 e. The Kier molecular flexibility index (Phi) is 4.64. The molecule has 2 N–H and O–H groups in total. The maximum absolute atomic E-state index is 12.3. The van der Waals surface area contributed by atoms with E-state index >= 15 is 0 Å². The Labute approximate surface area is 137 Å². The van der Waals surface area contributed by atoms with Gasteiger partial charge in [-0.05, 0) is 49.7 Å². The zero-order chi connectivity index (χ0) is 16.4. The highest BCUT2D eigenvalue weighted by molar-refractivity contribution is 5.94. The number of hydrogen-bond donors (Lipinski definition) is 2. The minimum atomic E-state index is -0.0579. The first-order valence-electron chi connectivity index (χ1n) is 8.61. The lowest BCUT2D eigenvalue weighted by molar-refractivity contribution is -0.133. The van der Waals surface area contributed by atoms with Crippen LogP contribution < -0.4 is 10.6 Å². The number of nitrogens with zero attached hydrogens (tertiary/aromatic N) is 1. The van der Waals surface area contributed by atoms with Crippen molar-refractivity contribution >= 4 is 11.8 Å². The number of nitrogens with one attached hydrogen (secondary N) is 2. The van der Waals surface area contributed by atoms with Gasteiger partial charge in [-0.1, -0.05) is 13.8 Å². The molecule has 23 heavy (non-hydrogen) atoms. The van der Waals surface area contributed by atoms with E-state index in [1.54, 1.807) is 24.5 Å². The van der Waals surface area contributed by atoms with Gasteiger partial charge in [-0.2, -0.15) is 0 Å². The van der Waals surface area contributed by atoms with Crippen LogP contribution in [0.2, 0.25) is 0 Å². The van der Waals surface area contributed by atoms with Gasteiger partial charge in [-0.25, -0.2) is 0 Å². The third-order valence-corrected chi connectivity index (χ3v) is 5.60. The van der Waals surface area contributed by atoms with Crippen LogP contribution in [0.1, 0.15) is 49.9 Å². The van der Waals surface area contributed by atoms with Crippen molar-refractivity contribution in [2.24, 2.45) is 17.8 Å². The van der Waals surface area contributed by atoms with Gasteiger partial charge in [0.25, 0.3) is 5.91 Å². The Bertz CT molecular complexity index is 575. The minimum Gasteiger partial charge on any atom is -0.353 e. The molecule has 0 aromatic carbocycles. The lowest BCUT2D eigenvalue weighted by Crippen LogP contribution is -2.58. The van der Waals surface area contributed by atoms with Crippen molar-refractivity contribution in [1.82, 2.24) is 15.6 Å². The molecule has 0 spiro atoms. The van der Waals surface area contributed by atoms with Crippen molar-refractivity contribution in [1.29, 1.82) is 0 Å². The fourth-order valence-corrected chi connectivity index (χ4v) is 4.28. The van der Waals surface area contributed by atoms with Gasteiger partial charge in [0.05, 0.1) is 0 Å². The fourth-order valence-electron chi connectivity index (χ4n) is 4.28. The average molecular weight is 315 g/mol. The summed E-state index contributed by atoms with van der Waals surface area (Å²) in [6.45, 7) is 4.29. The van der Waals surface area contributed by atoms with Crippen LogP contribution in [0.3, 0.4) is 0 Å². The predicted molar refractivity (Wildman–Crippen MR) is 87.7 cm³/mol. The molecular formula is C18H25N3O2. The summed E-state index contributed by atoms with van der Waals surface area (Å²) in [6, 6.07) is 3.76. The minimum absolute atomic E-state index is 0.0579. The van der Waals surface area contributed by atoms with Crippen molar-refractivity contribution in [3.05, 3.63) is 30.1 Å². The molecule has 0 bridgehead atoms. The van der Waals surface area contributed by atoms with Crippen molar-refractivity contribution in [3.8, 4) is 0 Å². The van der Waals surface area contributed by atoms with E-state index in [1.807, 2.05) is 0 Å². The molecule has 2 amide bonds. The molecule has 5 unspecified atom stereocenters. The van der Waals surface area contributed by atoms with E-state index in [0.29, 0.717) is 17.4 Å². The molecule has 3 rings (SSSR count). The van der Waals surface area contributed by atoms with Crippen molar-refractivity contribution < 1.29 is 9.59 Å². The Morgan fingerprint density at radius 2 is 2.09 bits per heavy atom. The van der Waals surface area contributed by atoms with Crippen LogP contribution in [0.25, 0.3) is 0 Å². The third kappa shape index (κ3) is 3.23. The average Bonchev–Trinajstić information content (AvgIpc) is 2.55. The van der Waals surface area contributed by atoms with Gasteiger partial charge in [-0.3, -0.25) is 14.6 Å². The SMILES string of the molecule is CCC1C(=O)NC2CC(NC(=O)c3ccncc3)CCC2C1C. The quantitative estimate of drug-likeness (QED) is 0.898. The zero-order valence-corrected chi connectivity index (χ0v) is 13.8. The normalized spacial score (nSPS) is 33.5. The maximum Gasteiger partial charge on any atom is 0.251 e. The van der Waals surface area contributed by atoms with E-state index < -0.39 is 0 Å². The van der Waals surface area contributed by atoms with Crippen molar-refractivity contribution in [2.75, 3.05) is 0 Å². The van der Waals surface area contributed by atoms with Gasteiger partial charge in [0.2, 0.25) is 5.91 Å². The van der Waals surface area contributed by atoms with Crippen LogP contribution in [0.4, 0.5) is 0 Å². The number of hydrogen-bond acceptors (Lipinski definition) is 3. The molecule has 124 valence electrons. The Balaban J connectivity index is 1.62. The van der Waals surface area contributed by atoms with Crippen molar-refractivity contribution in [2.45, 2.75) is 51.6 Å². The molecule has 1 aromatic heterocycles. The van der Waals surface area contributed by atoms with Crippen LogP contribution in [0.5, 0.6) is 0 Å². The molecule has 1 saturated heterocycles. The maximum atomic E-state index is 12.3. The van der Waals surface area contributed by atoms with Crippen LogP contribution in [-0.4, -0.2) is 28.9 Å². The van der Waals surface area contributed by atoms with Gasteiger partial charge in [0.1, 0.15) is 0 Å². The van der Waals surface area contributed by atoms with Gasteiger partial charge >= 0.3 is 0 Å². The second-order valence-corrected chi connectivity index (χ2v) is 6.87. The summed E-state index contributed by atoms with van der Waals surface area (Å²) in [5, 5.41) is 6.30. The molecule has 1 saturated carbocycles.